The van der Waals surface area contributed by atoms with E-state index in [1.165, 1.54) is 57.6 Å². The summed E-state index contributed by atoms with van der Waals surface area (Å²) in [5.41, 5.74) is 0.575. The van der Waals surface area contributed by atoms with E-state index in [2.05, 4.69) is 10.2 Å². The smallest absolute Gasteiger partial charge is 0.342 e. The highest BCUT2D eigenvalue weighted by Gasteiger charge is 2.28. The fourth-order valence-corrected chi connectivity index (χ4v) is 5.07. The van der Waals surface area contributed by atoms with Crippen molar-refractivity contribution in [3.8, 4) is 5.75 Å². The van der Waals surface area contributed by atoms with E-state index in [1.54, 1.807) is 19.1 Å². The van der Waals surface area contributed by atoms with E-state index < -0.39 is 26.2 Å². The number of hydrogen-bond donors (Lipinski definition) is 0. The van der Waals surface area contributed by atoms with Crippen LogP contribution in [0.5, 0.6) is 5.75 Å². The zero-order valence-electron chi connectivity index (χ0n) is 17.7. The van der Waals surface area contributed by atoms with Gasteiger partial charge < -0.3 is 4.18 Å². The van der Waals surface area contributed by atoms with Crippen molar-refractivity contribution >= 4 is 20.1 Å². The topological polar surface area (TPSA) is 116 Å². The third kappa shape index (κ3) is 4.81. The second-order valence-corrected chi connectivity index (χ2v) is 10.4. The monoisotopic (exact) mass is 467 g/mol. The Morgan fingerprint density at radius 2 is 1.58 bits per heavy atom. The first-order valence-corrected chi connectivity index (χ1v) is 12.5. The fraction of sp³-hybridized carbons (Fsp3) is 0.368. The Kier molecular flexibility index (Phi) is 6.53. The van der Waals surface area contributed by atoms with Crippen LogP contribution in [0.4, 0.5) is 0 Å². The van der Waals surface area contributed by atoms with Crippen LogP contribution < -0.4 is 4.18 Å². The van der Waals surface area contributed by atoms with Crippen molar-refractivity contribution in [1.82, 2.24) is 23.9 Å². The molecule has 168 valence electrons. The largest absolute Gasteiger partial charge is 0.379 e. The fourth-order valence-electron chi connectivity index (χ4n) is 2.88. The van der Waals surface area contributed by atoms with Gasteiger partial charge in [-0.2, -0.15) is 22.9 Å². The molecular weight excluding hydrogens is 442 g/mol. The van der Waals surface area contributed by atoms with Crippen LogP contribution in [0, 0.1) is 0 Å². The number of aryl methyl sites for hydroxylation is 2. The van der Waals surface area contributed by atoms with E-state index in [-0.39, 0.29) is 15.5 Å². The number of hydrogen-bond acceptors (Lipinski definition) is 7. The molecule has 10 nitrogen and oxygen atoms in total. The van der Waals surface area contributed by atoms with E-state index in [9.17, 15) is 16.8 Å². The minimum absolute atomic E-state index is 0.0552. The van der Waals surface area contributed by atoms with E-state index in [0.717, 1.165) is 0 Å². The van der Waals surface area contributed by atoms with Crippen LogP contribution >= 0.6 is 0 Å². The van der Waals surface area contributed by atoms with Gasteiger partial charge in [-0.1, -0.05) is 12.1 Å². The molecule has 1 atom stereocenters. The lowest BCUT2D eigenvalue weighted by Crippen LogP contribution is -2.29. The van der Waals surface area contributed by atoms with Crippen LogP contribution in [0.2, 0.25) is 0 Å². The lowest BCUT2D eigenvalue weighted by Gasteiger charge is -2.24. The van der Waals surface area contributed by atoms with Crippen LogP contribution in [-0.2, 0) is 33.2 Å². The first kappa shape index (κ1) is 23.0. The van der Waals surface area contributed by atoms with Crippen LogP contribution in [-0.4, -0.2) is 47.7 Å². The van der Waals surface area contributed by atoms with Gasteiger partial charge in [0.25, 0.3) is 0 Å². The molecule has 0 aliphatic rings. The van der Waals surface area contributed by atoms with Crippen LogP contribution in [0.15, 0.2) is 58.8 Å². The molecule has 2 heterocycles. The van der Waals surface area contributed by atoms with Gasteiger partial charge >= 0.3 is 10.1 Å². The highest BCUT2D eigenvalue weighted by Crippen LogP contribution is 2.28. The maximum absolute atomic E-state index is 12.9. The Labute approximate surface area is 182 Å². The summed E-state index contributed by atoms with van der Waals surface area (Å²) in [5.74, 6) is 0.0817. The minimum atomic E-state index is -4.06. The zero-order valence-corrected chi connectivity index (χ0v) is 19.3. The highest BCUT2D eigenvalue weighted by atomic mass is 32.2. The Balaban J connectivity index is 1.83. The first-order valence-electron chi connectivity index (χ1n) is 9.66. The molecule has 0 unspecified atom stereocenters. The predicted octanol–water partition coefficient (Wildman–Crippen LogP) is 2.27. The first-order chi connectivity index (χ1) is 14.6. The van der Waals surface area contributed by atoms with Gasteiger partial charge in [0, 0.05) is 38.6 Å². The molecule has 0 saturated heterocycles. The van der Waals surface area contributed by atoms with Gasteiger partial charge in [0.2, 0.25) is 10.0 Å². The Hall–Kier alpha value is -2.70. The van der Waals surface area contributed by atoms with E-state index in [1.807, 2.05) is 13.8 Å². The lowest BCUT2D eigenvalue weighted by atomic mass is 10.1. The molecule has 0 saturated carbocycles. The number of rotatable bonds is 9. The van der Waals surface area contributed by atoms with Crippen molar-refractivity contribution in [2.24, 2.45) is 0 Å². The van der Waals surface area contributed by atoms with Crippen molar-refractivity contribution in [2.45, 2.75) is 49.7 Å². The molecule has 1 aromatic carbocycles. The summed E-state index contributed by atoms with van der Waals surface area (Å²) in [6, 6.07) is 5.75. The normalized spacial score (nSPS) is 13.5. The number of sulfonamides is 1. The Morgan fingerprint density at radius 1 is 1.00 bits per heavy atom. The molecule has 0 amide bonds. The zero-order chi connectivity index (χ0) is 22.8. The molecule has 3 aromatic rings. The SMILES string of the molecule is CCn1cc(S(=O)(=O)Oc2cccc([C@H](C)N(C)S(=O)(=O)c3cnn(CC)c3)c2)cn1. The summed E-state index contributed by atoms with van der Waals surface area (Å²) in [6.45, 7) is 6.50. The molecule has 2 aromatic heterocycles. The van der Waals surface area contributed by atoms with Crippen molar-refractivity contribution in [1.29, 1.82) is 0 Å². The van der Waals surface area contributed by atoms with Gasteiger partial charge in [-0.05, 0) is 38.5 Å². The molecule has 0 bridgehead atoms. The van der Waals surface area contributed by atoms with Gasteiger partial charge in [-0.3, -0.25) is 9.36 Å². The average molecular weight is 468 g/mol. The van der Waals surface area contributed by atoms with Gasteiger partial charge in [0.15, 0.2) is 0 Å². The quantitative estimate of drug-likeness (QED) is 0.443. The van der Waals surface area contributed by atoms with Crippen LogP contribution in [0.3, 0.4) is 0 Å². The second-order valence-electron chi connectivity index (χ2n) is 6.87. The third-order valence-corrected chi connectivity index (χ3v) is 8.01. The molecule has 0 spiro atoms. The number of nitrogens with zero attached hydrogens (tertiary/aromatic N) is 5. The molecule has 31 heavy (non-hydrogen) atoms. The van der Waals surface area contributed by atoms with Gasteiger partial charge in [-0.15, -0.1) is 0 Å². The van der Waals surface area contributed by atoms with Crippen LogP contribution in [0.1, 0.15) is 32.4 Å². The third-order valence-electron chi connectivity index (χ3n) is 4.92. The number of aromatic nitrogens is 4. The summed E-state index contributed by atoms with van der Waals surface area (Å²) < 4.78 is 60.4. The summed E-state index contributed by atoms with van der Waals surface area (Å²) in [4.78, 5) is 0.0343. The molecule has 0 aliphatic carbocycles. The van der Waals surface area contributed by atoms with E-state index in [0.29, 0.717) is 18.7 Å². The Morgan fingerprint density at radius 3 is 2.16 bits per heavy atom. The second kappa shape index (κ2) is 8.81. The van der Waals surface area contributed by atoms with Gasteiger partial charge in [0.05, 0.1) is 12.4 Å². The summed E-state index contributed by atoms with van der Waals surface area (Å²) in [6.07, 6.45) is 5.40. The van der Waals surface area contributed by atoms with E-state index in [4.69, 9.17) is 4.18 Å². The summed E-state index contributed by atoms with van der Waals surface area (Å²) in [5, 5.41) is 7.98. The van der Waals surface area contributed by atoms with Crippen molar-refractivity contribution in [3.05, 3.63) is 54.6 Å². The molecule has 3 rings (SSSR count). The van der Waals surface area contributed by atoms with Crippen molar-refractivity contribution in [2.75, 3.05) is 7.05 Å². The average Bonchev–Trinajstić information content (AvgIpc) is 3.42. The predicted molar refractivity (Wildman–Crippen MR) is 113 cm³/mol. The lowest BCUT2D eigenvalue weighted by molar-refractivity contribution is 0.397. The minimum Gasteiger partial charge on any atom is -0.379 e. The van der Waals surface area contributed by atoms with Gasteiger partial charge in [-0.25, -0.2) is 8.42 Å². The Bertz CT molecular complexity index is 1260. The summed E-state index contributed by atoms with van der Waals surface area (Å²) >= 11 is 0. The standard InChI is InChI=1S/C19H25N5O5S2/c1-5-23-13-18(11-20-23)30(25,26)22(4)15(3)16-8-7-9-17(10-16)29-31(27,28)19-12-21-24(6-2)14-19/h7-15H,5-6H2,1-4H3/t15-/m0/s1. The maximum Gasteiger partial charge on any atom is 0.342 e. The number of benzene rings is 1. The van der Waals surface area contributed by atoms with Crippen molar-refractivity contribution < 1.29 is 21.0 Å². The molecule has 0 fully saturated rings. The molecular formula is C19H25N5O5S2. The maximum atomic E-state index is 12.9. The molecule has 12 heteroatoms. The summed E-state index contributed by atoms with van der Waals surface area (Å²) in [7, 11) is -6.38. The molecule has 0 aliphatic heterocycles. The molecule has 0 N–H and O–H groups in total. The van der Waals surface area contributed by atoms with Crippen molar-refractivity contribution in [3.63, 3.8) is 0 Å². The van der Waals surface area contributed by atoms with E-state index >= 15 is 0 Å². The van der Waals surface area contributed by atoms with Crippen LogP contribution in [0.25, 0.3) is 0 Å². The van der Waals surface area contributed by atoms with Gasteiger partial charge in [0.1, 0.15) is 15.5 Å². The molecule has 0 radical (unpaired) electrons. The highest BCUT2D eigenvalue weighted by molar-refractivity contribution is 7.89.